The van der Waals surface area contributed by atoms with Gasteiger partial charge >= 0.3 is 0 Å². The maximum atomic E-state index is 13.8. The molecule has 1 heterocycles. The van der Waals surface area contributed by atoms with Crippen LogP contribution >= 0.6 is 10.9 Å². The zero-order valence-corrected chi connectivity index (χ0v) is 10.9. The number of aryl methyl sites for hydroxylation is 1. The standard InChI is InChI=1S/C13H19FO2S/c1-8-3-5-10(6-4-8)17-7-11(15)13(16)12(14)9(17)2/h3-6,9,11-13,15-17H,7H2,1-2H3/t9-,11+,12-,13-/m1/s1. The minimum absolute atomic E-state index is 0.203. The van der Waals surface area contributed by atoms with Gasteiger partial charge in [-0.15, -0.1) is 0 Å². The number of rotatable bonds is 1. The molecule has 96 valence electrons. The van der Waals surface area contributed by atoms with E-state index in [4.69, 9.17) is 0 Å². The van der Waals surface area contributed by atoms with Crippen LogP contribution < -0.4 is 0 Å². The van der Waals surface area contributed by atoms with Gasteiger partial charge in [-0.05, 0) is 11.8 Å². The number of alkyl halides is 1. The van der Waals surface area contributed by atoms with Gasteiger partial charge in [0.1, 0.15) is 12.3 Å². The number of aliphatic hydroxyl groups is 2. The number of hydrogen-bond donors (Lipinski definition) is 3. The molecule has 1 aliphatic rings. The average molecular weight is 258 g/mol. The van der Waals surface area contributed by atoms with Crippen LogP contribution in [-0.2, 0) is 0 Å². The molecule has 0 aliphatic carbocycles. The predicted molar refractivity (Wildman–Crippen MR) is 69.7 cm³/mol. The third kappa shape index (κ3) is 2.49. The SMILES string of the molecule is Cc1ccc([SH]2C[C@H](O)[C@@H](O)[C@H](F)[C@H]2C)cc1. The van der Waals surface area contributed by atoms with Crippen LogP contribution in [0.15, 0.2) is 29.2 Å². The molecule has 2 rings (SSSR count). The number of hydrogen-bond acceptors (Lipinski definition) is 2. The lowest BCUT2D eigenvalue weighted by molar-refractivity contribution is -0.0221. The number of aliphatic hydroxyl groups excluding tert-OH is 2. The van der Waals surface area contributed by atoms with Crippen molar-refractivity contribution in [1.29, 1.82) is 0 Å². The molecule has 0 saturated carbocycles. The van der Waals surface area contributed by atoms with Crippen molar-refractivity contribution in [2.24, 2.45) is 0 Å². The molecule has 1 unspecified atom stereocenters. The Morgan fingerprint density at radius 3 is 2.41 bits per heavy atom. The maximum absolute atomic E-state index is 13.8. The summed E-state index contributed by atoms with van der Waals surface area (Å²) in [6.45, 7) is 3.84. The molecule has 0 aromatic heterocycles. The first-order valence-electron chi connectivity index (χ1n) is 5.84. The Balaban J connectivity index is 2.23. The van der Waals surface area contributed by atoms with Crippen LogP contribution in [0.25, 0.3) is 0 Å². The molecule has 1 aromatic rings. The molecular weight excluding hydrogens is 239 g/mol. The Labute approximate surface area is 104 Å². The van der Waals surface area contributed by atoms with E-state index in [1.54, 1.807) is 0 Å². The molecule has 2 nitrogen and oxygen atoms in total. The first-order chi connectivity index (χ1) is 8.00. The minimum Gasteiger partial charge on any atom is -0.390 e. The highest BCUT2D eigenvalue weighted by molar-refractivity contribution is 8.17. The zero-order valence-electron chi connectivity index (χ0n) is 10.0. The van der Waals surface area contributed by atoms with Gasteiger partial charge in [-0.2, -0.15) is 0 Å². The molecule has 1 aliphatic heterocycles. The topological polar surface area (TPSA) is 40.5 Å². The van der Waals surface area contributed by atoms with Crippen molar-refractivity contribution in [3.8, 4) is 0 Å². The van der Waals surface area contributed by atoms with E-state index >= 15 is 0 Å². The lowest BCUT2D eigenvalue weighted by Gasteiger charge is -2.41. The van der Waals surface area contributed by atoms with Gasteiger partial charge in [0.2, 0.25) is 0 Å². The second-order valence-corrected chi connectivity index (χ2v) is 7.37. The summed E-state index contributed by atoms with van der Waals surface area (Å²) in [4.78, 5) is 1.10. The van der Waals surface area contributed by atoms with Gasteiger partial charge in [0.05, 0.1) is 6.10 Å². The maximum Gasteiger partial charge on any atom is 0.139 e. The van der Waals surface area contributed by atoms with Crippen LogP contribution in [0.3, 0.4) is 0 Å². The van der Waals surface area contributed by atoms with Gasteiger partial charge in [0.25, 0.3) is 0 Å². The highest BCUT2D eigenvalue weighted by atomic mass is 32.2. The van der Waals surface area contributed by atoms with E-state index in [0.29, 0.717) is 5.75 Å². The van der Waals surface area contributed by atoms with Crippen molar-refractivity contribution in [3.63, 3.8) is 0 Å². The van der Waals surface area contributed by atoms with Gasteiger partial charge in [-0.1, -0.05) is 36.8 Å². The smallest absolute Gasteiger partial charge is 0.139 e. The molecular formula is C13H19FO2S. The summed E-state index contributed by atoms with van der Waals surface area (Å²) in [6, 6.07) is 8.04. The Bertz CT molecular complexity index is 382. The van der Waals surface area contributed by atoms with Crippen molar-refractivity contribution in [2.45, 2.75) is 42.4 Å². The van der Waals surface area contributed by atoms with Crippen LogP contribution in [0.2, 0.25) is 0 Å². The van der Waals surface area contributed by atoms with E-state index in [0.717, 1.165) is 4.90 Å². The molecule has 2 N–H and O–H groups in total. The monoisotopic (exact) mass is 258 g/mol. The second kappa shape index (κ2) is 4.96. The van der Waals surface area contributed by atoms with Crippen molar-refractivity contribution in [3.05, 3.63) is 29.8 Å². The van der Waals surface area contributed by atoms with E-state index in [9.17, 15) is 14.6 Å². The third-order valence-electron chi connectivity index (χ3n) is 3.42. The van der Waals surface area contributed by atoms with E-state index in [1.165, 1.54) is 5.56 Å². The predicted octanol–water partition coefficient (Wildman–Crippen LogP) is 1.82. The summed E-state index contributed by atoms with van der Waals surface area (Å²) in [5.74, 6) is 0.487. The first-order valence-corrected chi connectivity index (χ1v) is 7.44. The lowest BCUT2D eigenvalue weighted by atomic mass is 10.1. The fourth-order valence-corrected chi connectivity index (χ4v) is 4.91. The second-order valence-electron chi connectivity index (χ2n) is 4.73. The normalized spacial score (nSPS) is 40.2. The Kier molecular flexibility index (Phi) is 3.76. The summed E-state index contributed by atoms with van der Waals surface area (Å²) in [6.07, 6.45) is -3.49. The van der Waals surface area contributed by atoms with Crippen molar-refractivity contribution < 1.29 is 14.6 Å². The Morgan fingerprint density at radius 1 is 1.24 bits per heavy atom. The van der Waals surface area contributed by atoms with Crippen molar-refractivity contribution in [2.75, 3.05) is 5.75 Å². The quantitative estimate of drug-likeness (QED) is 0.672. The summed E-state index contributed by atoms with van der Waals surface area (Å²) < 4.78 is 13.8. The molecule has 4 heteroatoms. The first kappa shape index (κ1) is 12.9. The van der Waals surface area contributed by atoms with Gasteiger partial charge in [-0.25, -0.2) is 15.3 Å². The van der Waals surface area contributed by atoms with Gasteiger partial charge < -0.3 is 10.2 Å². The lowest BCUT2D eigenvalue weighted by Crippen LogP contribution is -2.47. The molecule has 0 amide bonds. The zero-order chi connectivity index (χ0) is 12.6. The molecule has 5 atom stereocenters. The van der Waals surface area contributed by atoms with Crippen molar-refractivity contribution >= 4 is 10.9 Å². The largest absolute Gasteiger partial charge is 0.390 e. The molecule has 0 radical (unpaired) electrons. The average Bonchev–Trinajstić information content (AvgIpc) is 2.32. The molecule has 1 aromatic carbocycles. The Hall–Kier alpha value is -0.580. The molecule has 17 heavy (non-hydrogen) atoms. The highest BCUT2D eigenvalue weighted by Gasteiger charge is 2.40. The summed E-state index contributed by atoms with van der Waals surface area (Å²) in [7, 11) is -0.731. The van der Waals surface area contributed by atoms with E-state index in [2.05, 4.69) is 0 Å². The summed E-state index contributed by atoms with van der Waals surface area (Å²) in [5, 5.41) is 19.0. The fourth-order valence-electron chi connectivity index (χ4n) is 2.22. The van der Waals surface area contributed by atoms with Crippen LogP contribution in [-0.4, -0.2) is 39.6 Å². The number of benzene rings is 1. The van der Waals surface area contributed by atoms with E-state index in [-0.39, 0.29) is 5.25 Å². The molecule has 0 spiro atoms. The molecule has 0 bridgehead atoms. The van der Waals surface area contributed by atoms with Gasteiger partial charge in [0, 0.05) is 11.0 Å². The van der Waals surface area contributed by atoms with Crippen LogP contribution in [0.1, 0.15) is 12.5 Å². The van der Waals surface area contributed by atoms with Gasteiger partial charge in [-0.3, -0.25) is 0 Å². The Morgan fingerprint density at radius 2 is 1.82 bits per heavy atom. The number of thiol groups is 1. The summed E-state index contributed by atoms with van der Waals surface area (Å²) in [5.41, 5.74) is 1.17. The minimum atomic E-state index is -1.33. The van der Waals surface area contributed by atoms with Crippen molar-refractivity contribution in [1.82, 2.24) is 0 Å². The van der Waals surface area contributed by atoms with Gasteiger partial charge in [0.15, 0.2) is 0 Å². The molecule has 1 saturated heterocycles. The molecule has 1 fully saturated rings. The van der Waals surface area contributed by atoms with E-state index < -0.39 is 29.3 Å². The highest BCUT2D eigenvalue weighted by Crippen LogP contribution is 2.47. The summed E-state index contributed by atoms with van der Waals surface area (Å²) >= 11 is 0. The number of halogens is 1. The van der Waals surface area contributed by atoms with Crippen LogP contribution in [0, 0.1) is 6.92 Å². The van der Waals surface area contributed by atoms with E-state index in [1.807, 2.05) is 38.1 Å². The third-order valence-corrected chi connectivity index (χ3v) is 6.42. The van der Waals surface area contributed by atoms with Crippen LogP contribution in [0.4, 0.5) is 4.39 Å². The fraction of sp³-hybridized carbons (Fsp3) is 0.538. The van der Waals surface area contributed by atoms with Crippen LogP contribution in [0.5, 0.6) is 0 Å².